The molecular weight excluding hydrogens is 689 g/mol. The van der Waals surface area contributed by atoms with Crippen LogP contribution < -0.4 is 9.80 Å². The molecule has 11 rings (SSSR count). The predicted molar refractivity (Wildman–Crippen MR) is 245 cm³/mol. The summed E-state index contributed by atoms with van der Waals surface area (Å²) in [5.74, 6) is 0.248. The van der Waals surface area contributed by atoms with Crippen molar-refractivity contribution in [3.05, 3.63) is 162 Å². The number of piperidine rings is 2. The third-order valence-electron chi connectivity index (χ3n) is 14.0. The first-order valence-corrected chi connectivity index (χ1v) is 21.7. The van der Waals surface area contributed by atoms with E-state index in [4.69, 9.17) is 0 Å². The van der Waals surface area contributed by atoms with Crippen molar-refractivity contribution in [2.45, 2.75) is 70.1 Å². The van der Waals surface area contributed by atoms with E-state index in [1.54, 1.807) is 0 Å². The first kappa shape index (κ1) is 34.6. The van der Waals surface area contributed by atoms with Gasteiger partial charge in [-0.2, -0.15) is 0 Å². The Labute approximate surface area is 338 Å². The molecule has 0 bridgehead atoms. The molecule has 57 heavy (non-hydrogen) atoms. The number of hydrogen-bond acceptors (Lipinski definition) is 2. The molecule has 0 aromatic heterocycles. The maximum absolute atomic E-state index is 2.64. The van der Waals surface area contributed by atoms with E-state index in [2.05, 4.69) is 163 Å². The molecule has 2 aliphatic heterocycles. The van der Waals surface area contributed by atoms with Crippen LogP contribution in [-0.2, 0) is 5.41 Å². The van der Waals surface area contributed by atoms with Gasteiger partial charge in [0.15, 0.2) is 0 Å². The summed E-state index contributed by atoms with van der Waals surface area (Å²) in [5, 5.41) is 8.14. The maximum Gasteiger partial charge on any atom is 0.0372 e. The van der Waals surface area contributed by atoms with Crippen LogP contribution in [0.15, 0.2) is 140 Å². The van der Waals surface area contributed by atoms with Gasteiger partial charge in [-0.15, -0.1) is 0 Å². The zero-order valence-corrected chi connectivity index (χ0v) is 33.5. The largest absolute Gasteiger partial charge is 0.372 e. The van der Waals surface area contributed by atoms with E-state index in [9.17, 15) is 0 Å². The lowest BCUT2D eigenvalue weighted by molar-refractivity contribution is 0.578. The number of hydrogen-bond donors (Lipinski definition) is 0. The summed E-state index contributed by atoms with van der Waals surface area (Å²) >= 11 is 0. The minimum absolute atomic E-state index is 0.0706. The third-order valence-corrected chi connectivity index (χ3v) is 14.0. The van der Waals surface area contributed by atoms with E-state index >= 15 is 0 Å². The van der Waals surface area contributed by atoms with Crippen molar-refractivity contribution in [3.8, 4) is 22.3 Å². The molecule has 0 radical (unpaired) electrons. The fourth-order valence-corrected chi connectivity index (χ4v) is 11.1. The Bertz CT molecular complexity index is 2760. The molecule has 2 aliphatic carbocycles. The van der Waals surface area contributed by atoms with Gasteiger partial charge in [0.2, 0.25) is 0 Å². The molecule has 7 aromatic carbocycles. The minimum Gasteiger partial charge on any atom is -0.372 e. The Morgan fingerprint density at radius 2 is 1.14 bits per heavy atom. The van der Waals surface area contributed by atoms with Gasteiger partial charge in [-0.3, -0.25) is 0 Å². The molecule has 2 nitrogen and oxygen atoms in total. The van der Waals surface area contributed by atoms with Gasteiger partial charge in [-0.25, -0.2) is 0 Å². The van der Waals surface area contributed by atoms with Crippen LogP contribution >= 0.6 is 0 Å². The highest BCUT2D eigenvalue weighted by atomic mass is 15.1. The second kappa shape index (κ2) is 13.8. The second-order valence-electron chi connectivity index (χ2n) is 17.6. The topological polar surface area (TPSA) is 6.48 Å². The summed E-state index contributed by atoms with van der Waals surface area (Å²) < 4.78 is 0. The van der Waals surface area contributed by atoms with Gasteiger partial charge in [0.1, 0.15) is 0 Å². The van der Waals surface area contributed by atoms with Crippen LogP contribution in [0.5, 0.6) is 0 Å². The van der Waals surface area contributed by atoms with Crippen molar-refractivity contribution < 1.29 is 0 Å². The van der Waals surface area contributed by atoms with Crippen LogP contribution in [0.4, 0.5) is 11.4 Å². The summed E-state index contributed by atoms with van der Waals surface area (Å²) in [7, 11) is 0. The van der Waals surface area contributed by atoms with Crippen molar-refractivity contribution >= 4 is 49.3 Å². The number of nitrogens with zero attached hydrogens (tertiary/aromatic N) is 2. The van der Waals surface area contributed by atoms with Gasteiger partial charge in [-0.1, -0.05) is 123 Å². The van der Waals surface area contributed by atoms with Crippen molar-refractivity contribution in [2.24, 2.45) is 0 Å². The molecule has 4 aliphatic rings. The Kier molecular flexibility index (Phi) is 8.39. The molecule has 2 saturated heterocycles. The highest BCUT2D eigenvalue weighted by Crippen LogP contribution is 2.53. The monoisotopic (exact) mass is 740 g/mol. The number of fused-ring (bicyclic) bond motifs is 6. The second-order valence-corrected chi connectivity index (χ2v) is 17.6. The van der Waals surface area contributed by atoms with E-state index in [1.165, 1.54) is 132 Å². The molecule has 2 fully saturated rings. The number of allylic oxidation sites excluding steroid dienone is 4. The third kappa shape index (κ3) is 5.66. The van der Waals surface area contributed by atoms with Crippen molar-refractivity contribution in [1.29, 1.82) is 0 Å². The van der Waals surface area contributed by atoms with Crippen LogP contribution in [0.2, 0.25) is 0 Å². The van der Waals surface area contributed by atoms with E-state index < -0.39 is 0 Å². The lowest BCUT2D eigenvalue weighted by Gasteiger charge is -2.32. The molecule has 0 N–H and O–H groups in total. The summed E-state index contributed by atoms with van der Waals surface area (Å²) in [5.41, 5.74) is 15.2. The Hall–Kier alpha value is -5.60. The van der Waals surface area contributed by atoms with Gasteiger partial charge < -0.3 is 9.80 Å². The van der Waals surface area contributed by atoms with Crippen molar-refractivity contribution in [2.75, 3.05) is 36.0 Å². The molecule has 0 saturated carbocycles. The average molecular weight is 741 g/mol. The fourth-order valence-electron chi connectivity index (χ4n) is 11.1. The molecule has 2 heterocycles. The van der Waals surface area contributed by atoms with Crippen molar-refractivity contribution in [1.82, 2.24) is 0 Å². The maximum atomic E-state index is 2.64. The van der Waals surface area contributed by atoms with E-state index in [-0.39, 0.29) is 11.3 Å². The molecular formula is C55H52N2. The van der Waals surface area contributed by atoms with Gasteiger partial charge in [0.25, 0.3) is 0 Å². The first-order chi connectivity index (χ1) is 28.0. The lowest BCUT2D eigenvalue weighted by atomic mass is 9.76. The quantitative estimate of drug-likeness (QED) is 0.162. The molecule has 1 unspecified atom stereocenters. The van der Waals surface area contributed by atoms with Crippen LogP contribution in [-0.4, -0.2) is 26.2 Å². The zero-order chi connectivity index (χ0) is 38.1. The lowest BCUT2D eigenvalue weighted by Crippen LogP contribution is -2.29. The van der Waals surface area contributed by atoms with E-state index in [0.717, 1.165) is 32.6 Å². The molecule has 1 atom stereocenters. The van der Waals surface area contributed by atoms with E-state index in [1.807, 2.05) is 0 Å². The highest BCUT2D eigenvalue weighted by molar-refractivity contribution is 6.20. The predicted octanol–water partition coefficient (Wildman–Crippen LogP) is 14.2. The van der Waals surface area contributed by atoms with Crippen LogP contribution in [0.1, 0.15) is 87.0 Å². The zero-order valence-electron chi connectivity index (χ0n) is 33.5. The smallest absolute Gasteiger partial charge is 0.0372 e. The van der Waals surface area contributed by atoms with Gasteiger partial charge >= 0.3 is 0 Å². The summed E-state index contributed by atoms with van der Waals surface area (Å²) in [6.07, 6.45) is 15.8. The summed E-state index contributed by atoms with van der Waals surface area (Å²) in [6, 6.07) is 47.3. The summed E-state index contributed by atoms with van der Waals surface area (Å²) in [4.78, 5) is 5.28. The number of rotatable bonds is 5. The van der Waals surface area contributed by atoms with E-state index in [0.29, 0.717) is 0 Å². The van der Waals surface area contributed by atoms with Gasteiger partial charge in [0, 0.05) is 48.9 Å². The molecule has 282 valence electrons. The molecule has 0 spiro atoms. The Balaban J connectivity index is 1.21. The number of benzene rings is 7. The van der Waals surface area contributed by atoms with Crippen molar-refractivity contribution in [3.63, 3.8) is 0 Å². The molecule has 2 heteroatoms. The Morgan fingerprint density at radius 1 is 0.509 bits per heavy atom. The number of anilines is 2. The van der Waals surface area contributed by atoms with Crippen LogP contribution in [0.25, 0.3) is 60.1 Å². The van der Waals surface area contributed by atoms with Crippen LogP contribution in [0, 0.1) is 0 Å². The first-order valence-electron chi connectivity index (χ1n) is 21.7. The molecule has 7 aromatic rings. The normalized spacial score (nSPS) is 18.9. The standard InChI is InChI=1S/C55H52N2/c1-55(2)51-23-10-9-20-44(51)45-27-24-38(34-52(45)55)53-47-28-25-40(57-32-13-4-14-33-57)36-50(47)54(48-29-26-39(35-49(48)53)56-30-11-3-12-31-56)46-21-8-7-19-43(46)42-22-15-17-37-16-5-6-18-41(37)42/h5-10,15-18,20-29,34-36,43H,3-4,11-14,19,30-33H2,1-2H3. The van der Waals surface area contributed by atoms with Crippen LogP contribution in [0.3, 0.4) is 0 Å². The van der Waals surface area contributed by atoms with Gasteiger partial charge in [-0.05, 0) is 158 Å². The van der Waals surface area contributed by atoms with Gasteiger partial charge in [0.05, 0.1) is 0 Å². The average Bonchev–Trinajstić information content (AvgIpc) is 3.50. The SMILES string of the molecule is CC1(C)c2ccccc2-c2ccc(-c3c4ccc(N5CCCCC5)cc4c(C4=CC=CCC4c4cccc5ccccc45)c4ccc(N5CCCCC5)cc34)cc21. The highest BCUT2D eigenvalue weighted by Gasteiger charge is 2.36. The summed E-state index contributed by atoms with van der Waals surface area (Å²) in [6.45, 7) is 9.35. The fraction of sp³-hybridized carbons (Fsp3) is 0.273. The minimum atomic E-state index is -0.0706. The molecule has 0 amide bonds. The Morgan fingerprint density at radius 3 is 1.89 bits per heavy atom.